The number of hydrogen-bond acceptors (Lipinski definition) is 20. The molecular weight excluding hydrogens is 1240 g/mol. The van der Waals surface area contributed by atoms with Crippen molar-refractivity contribution >= 4 is 17.8 Å². The minimum atomic E-state index is -3.08. The standard InChI is InChI=1S/C73H138N2O21/c1-4-6-8-10-12-14-16-18-19-20-21-22-23-24-25-26-27-28-29-30-31-32-33-34-35-37-39-41-43-45-47-60(83)75-54(55(80)46-44-42-40-38-36-17-15-13-11-9-7-5-2)52-91-70-65(87)64(86)67(59(51-78)93-70)94-71-66(88)69(63(85)58(50-77)92-71)96-73(72(89)90)48-56(81)61(74-53(3)79)68(95-73)62(84)57(82)49-76/h54-59,61-71,76-78,80-82,84-88H,4-52H2,1-3H3,(H,74,79)(H,75,83)(H,89,90). The molecule has 23 heteroatoms. The molecule has 0 saturated carbocycles. The molecule has 18 unspecified atom stereocenters. The predicted octanol–water partition coefficient (Wildman–Crippen LogP) is 8.85. The zero-order valence-corrected chi connectivity index (χ0v) is 59.5. The van der Waals surface area contributed by atoms with Crippen molar-refractivity contribution in [2.75, 3.05) is 26.4 Å². The second-order valence-corrected chi connectivity index (χ2v) is 28.2. The predicted molar refractivity (Wildman–Crippen MR) is 366 cm³/mol. The van der Waals surface area contributed by atoms with Crippen molar-refractivity contribution in [1.29, 1.82) is 0 Å². The number of carbonyl (C=O) groups excluding carboxylic acids is 2. The Kier molecular flexibility index (Phi) is 49.0. The number of aliphatic hydroxyl groups is 11. The van der Waals surface area contributed by atoms with E-state index in [0.29, 0.717) is 19.3 Å². The first kappa shape index (κ1) is 87.9. The van der Waals surface area contributed by atoms with Gasteiger partial charge in [0, 0.05) is 19.8 Å². The number of hydrogen-bond donors (Lipinski definition) is 14. The second kappa shape index (κ2) is 53.5. The van der Waals surface area contributed by atoms with Crippen LogP contribution in [-0.4, -0.2) is 215 Å². The molecule has 23 nitrogen and oxygen atoms in total. The summed E-state index contributed by atoms with van der Waals surface area (Å²) in [5.41, 5.74) is 0. The van der Waals surface area contributed by atoms with Gasteiger partial charge in [0.15, 0.2) is 12.6 Å². The highest BCUT2D eigenvalue weighted by atomic mass is 16.8. The summed E-state index contributed by atoms with van der Waals surface area (Å²) in [4.78, 5) is 38.6. The average molecular weight is 1380 g/mol. The molecule has 0 aromatic rings. The van der Waals surface area contributed by atoms with Crippen LogP contribution in [0, 0.1) is 0 Å². The molecule has 14 N–H and O–H groups in total. The number of aliphatic hydroxyl groups excluding tert-OH is 11. The molecule has 3 heterocycles. The Morgan fingerprint density at radius 1 is 0.500 bits per heavy atom. The van der Waals surface area contributed by atoms with E-state index >= 15 is 0 Å². The van der Waals surface area contributed by atoms with E-state index in [9.17, 15) is 75.7 Å². The molecule has 3 rings (SSSR count). The first-order valence-electron chi connectivity index (χ1n) is 38.4. The summed E-state index contributed by atoms with van der Waals surface area (Å²) in [6.45, 7) is 2.23. The van der Waals surface area contributed by atoms with Gasteiger partial charge in [-0.1, -0.05) is 277 Å². The van der Waals surface area contributed by atoms with E-state index in [1.54, 1.807) is 0 Å². The molecule has 0 spiro atoms. The number of unbranched alkanes of at least 4 members (excludes halogenated alkanes) is 40. The Morgan fingerprint density at radius 2 is 0.906 bits per heavy atom. The molecule has 0 aliphatic carbocycles. The molecule has 3 fully saturated rings. The van der Waals surface area contributed by atoms with Gasteiger partial charge in [-0.05, 0) is 12.8 Å². The second-order valence-electron chi connectivity index (χ2n) is 28.2. The Morgan fingerprint density at radius 3 is 1.30 bits per heavy atom. The van der Waals surface area contributed by atoms with Crippen LogP contribution in [0.5, 0.6) is 0 Å². The van der Waals surface area contributed by atoms with Crippen LogP contribution in [0.3, 0.4) is 0 Å². The van der Waals surface area contributed by atoms with Gasteiger partial charge in [0.1, 0.15) is 67.1 Å². The van der Waals surface area contributed by atoms with E-state index in [1.807, 2.05) is 0 Å². The molecule has 2 amide bonds. The largest absolute Gasteiger partial charge is 0.477 e. The summed E-state index contributed by atoms with van der Waals surface area (Å²) >= 11 is 0. The van der Waals surface area contributed by atoms with Crippen LogP contribution in [0.25, 0.3) is 0 Å². The fourth-order valence-corrected chi connectivity index (χ4v) is 13.7. The lowest BCUT2D eigenvalue weighted by molar-refractivity contribution is -0.386. The zero-order valence-electron chi connectivity index (χ0n) is 59.5. The van der Waals surface area contributed by atoms with Crippen LogP contribution in [-0.2, 0) is 42.8 Å². The third kappa shape index (κ3) is 34.6. The number of ether oxygens (including phenoxy) is 6. The van der Waals surface area contributed by atoms with Crippen LogP contribution < -0.4 is 10.6 Å². The SMILES string of the molecule is CCCCCCCCCCCCCCCCCCCCCCCCCCCCCCCCC(=O)NC(COC1OC(CO)C(OC2OC(CO)C(O)C(OC3(C(=O)O)CC(O)C(NC(C)=O)C(C(O)C(O)CO)O3)C2O)C(O)C1O)C(O)CCCCCCCCCCCCCC. The Bertz CT molecular complexity index is 1930. The molecule has 18 atom stereocenters. The number of amides is 2. The maximum Gasteiger partial charge on any atom is 0.364 e. The summed E-state index contributed by atoms with van der Waals surface area (Å²) in [5.74, 6) is -6.09. The lowest BCUT2D eigenvalue weighted by atomic mass is 9.88. The summed E-state index contributed by atoms with van der Waals surface area (Å²) in [7, 11) is 0. The summed E-state index contributed by atoms with van der Waals surface area (Å²) in [5, 5.41) is 136. The first-order chi connectivity index (χ1) is 46.4. The van der Waals surface area contributed by atoms with Gasteiger partial charge in [-0.25, -0.2) is 4.79 Å². The fraction of sp³-hybridized carbons (Fsp3) is 0.959. The Labute approximate surface area is 576 Å². The van der Waals surface area contributed by atoms with Gasteiger partial charge in [0.05, 0.1) is 50.7 Å². The van der Waals surface area contributed by atoms with E-state index in [1.165, 1.54) is 212 Å². The number of aliphatic carboxylic acids is 1. The first-order valence-corrected chi connectivity index (χ1v) is 38.4. The quantitative estimate of drug-likeness (QED) is 0.0253. The summed E-state index contributed by atoms with van der Waals surface area (Å²) in [6, 6.07) is -2.52. The van der Waals surface area contributed by atoms with Gasteiger partial charge in [-0.3, -0.25) is 9.59 Å². The number of carbonyl (C=O) groups is 3. The molecule has 3 aliphatic rings. The lowest BCUT2D eigenvalue weighted by Crippen LogP contribution is -2.70. The zero-order chi connectivity index (χ0) is 70.4. The van der Waals surface area contributed by atoms with E-state index in [0.717, 1.165) is 51.9 Å². The topological polar surface area (TPSA) is 373 Å². The van der Waals surface area contributed by atoms with E-state index in [4.69, 9.17) is 28.4 Å². The number of carboxylic acid groups (broad SMARTS) is 1. The molecule has 3 saturated heterocycles. The van der Waals surface area contributed by atoms with Gasteiger partial charge in [-0.15, -0.1) is 0 Å². The Balaban J connectivity index is 1.47. The molecule has 96 heavy (non-hydrogen) atoms. The fourth-order valence-electron chi connectivity index (χ4n) is 13.7. The highest BCUT2D eigenvalue weighted by molar-refractivity contribution is 5.77. The highest BCUT2D eigenvalue weighted by Gasteiger charge is 2.60. The van der Waals surface area contributed by atoms with Crippen LogP contribution in [0.15, 0.2) is 0 Å². The summed E-state index contributed by atoms with van der Waals surface area (Å²) < 4.78 is 34.9. The van der Waals surface area contributed by atoms with Crippen molar-refractivity contribution in [2.45, 2.75) is 420 Å². The normalized spacial score (nSPS) is 27.5. The minimum Gasteiger partial charge on any atom is -0.477 e. The van der Waals surface area contributed by atoms with E-state index < -0.39 is 148 Å². The van der Waals surface area contributed by atoms with Gasteiger partial charge in [-0.2, -0.15) is 0 Å². The van der Waals surface area contributed by atoms with E-state index in [-0.39, 0.29) is 18.9 Å². The molecule has 566 valence electrons. The van der Waals surface area contributed by atoms with Gasteiger partial charge >= 0.3 is 5.97 Å². The van der Waals surface area contributed by atoms with Crippen LogP contribution in [0.4, 0.5) is 0 Å². The monoisotopic (exact) mass is 1380 g/mol. The number of nitrogens with one attached hydrogen (secondary N) is 2. The van der Waals surface area contributed by atoms with Crippen molar-refractivity contribution in [3.05, 3.63) is 0 Å². The van der Waals surface area contributed by atoms with Crippen molar-refractivity contribution in [1.82, 2.24) is 10.6 Å². The number of rotatable bonds is 60. The summed E-state index contributed by atoms with van der Waals surface area (Å²) in [6.07, 6.45) is 24.2. The van der Waals surface area contributed by atoms with Crippen molar-refractivity contribution in [3.8, 4) is 0 Å². The maximum absolute atomic E-state index is 13.5. The Hall–Kier alpha value is -2.27. The van der Waals surface area contributed by atoms with Crippen LogP contribution in [0.1, 0.15) is 310 Å². The van der Waals surface area contributed by atoms with Crippen LogP contribution in [0.2, 0.25) is 0 Å². The van der Waals surface area contributed by atoms with Gasteiger partial charge in [0.2, 0.25) is 11.8 Å². The molecule has 0 aromatic carbocycles. The van der Waals surface area contributed by atoms with E-state index in [2.05, 4.69) is 24.5 Å². The van der Waals surface area contributed by atoms with Crippen molar-refractivity contribution in [3.63, 3.8) is 0 Å². The van der Waals surface area contributed by atoms with Crippen molar-refractivity contribution < 1.29 is 104 Å². The third-order valence-electron chi connectivity index (χ3n) is 19.8. The molecule has 0 aromatic heterocycles. The highest BCUT2D eigenvalue weighted by Crippen LogP contribution is 2.39. The average Bonchev–Trinajstić information content (AvgIpc) is 0.762. The molecule has 0 radical (unpaired) electrons. The lowest BCUT2D eigenvalue weighted by Gasteiger charge is -2.50. The van der Waals surface area contributed by atoms with Gasteiger partial charge in [0.25, 0.3) is 5.79 Å². The smallest absolute Gasteiger partial charge is 0.364 e. The molecule has 3 aliphatic heterocycles. The van der Waals surface area contributed by atoms with Crippen molar-refractivity contribution in [2.24, 2.45) is 0 Å². The molecular formula is C73H138N2O21. The molecule has 0 bridgehead atoms. The minimum absolute atomic E-state index is 0.229. The maximum atomic E-state index is 13.5. The number of carboxylic acids is 1. The van der Waals surface area contributed by atoms with Gasteiger partial charge < -0.3 is 100 Å². The van der Waals surface area contributed by atoms with Crippen LogP contribution >= 0.6 is 0 Å². The third-order valence-corrected chi connectivity index (χ3v) is 19.8.